The van der Waals surface area contributed by atoms with E-state index in [2.05, 4.69) is 10.3 Å². The molecular formula is C25H25FN2O5. The third kappa shape index (κ3) is 4.69. The van der Waals surface area contributed by atoms with Crippen molar-refractivity contribution in [2.45, 2.75) is 18.9 Å². The van der Waals surface area contributed by atoms with Crippen LogP contribution < -0.4 is 19.5 Å². The Kier molecular flexibility index (Phi) is 6.35. The molecule has 7 nitrogen and oxygen atoms in total. The van der Waals surface area contributed by atoms with Crippen LogP contribution in [0.25, 0.3) is 11.1 Å². The first kappa shape index (κ1) is 22.4. The number of carboxylic acid groups (broad SMARTS) is 1. The number of aromatic nitrogens is 1. The molecule has 0 saturated heterocycles. The second-order valence-corrected chi connectivity index (χ2v) is 7.83. The van der Waals surface area contributed by atoms with Crippen LogP contribution in [0.5, 0.6) is 17.2 Å². The lowest BCUT2D eigenvalue weighted by Gasteiger charge is -2.16. The quantitative estimate of drug-likeness (QED) is 0.486. The van der Waals surface area contributed by atoms with Crippen molar-refractivity contribution in [3.05, 3.63) is 65.7 Å². The predicted octanol–water partition coefficient (Wildman–Crippen LogP) is 4.71. The molecule has 0 amide bonds. The molecule has 1 aliphatic carbocycles. The third-order valence-corrected chi connectivity index (χ3v) is 5.81. The summed E-state index contributed by atoms with van der Waals surface area (Å²) in [5.41, 5.74) is 3.39. The SMILES string of the molecule is COc1cc(OC)c(-c2ccc(F)c(CNc3ccc([C@H]4C[C@@H]4C(=O)O)nc3)c2)c(OC)c1. The Bertz CT molecular complexity index is 1140. The Morgan fingerprint density at radius 1 is 1.09 bits per heavy atom. The number of methoxy groups -OCH3 is 3. The fourth-order valence-corrected chi connectivity index (χ4v) is 3.88. The van der Waals surface area contributed by atoms with Crippen LogP contribution in [0.15, 0.2) is 48.7 Å². The van der Waals surface area contributed by atoms with Gasteiger partial charge in [-0.2, -0.15) is 0 Å². The largest absolute Gasteiger partial charge is 0.496 e. The van der Waals surface area contributed by atoms with Crippen LogP contribution in [0, 0.1) is 11.7 Å². The summed E-state index contributed by atoms with van der Waals surface area (Å²) in [5, 5.41) is 12.3. The summed E-state index contributed by atoms with van der Waals surface area (Å²) in [7, 11) is 4.67. The van der Waals surface area contributed by atoms with Gasteiger partial charge in [-0.05, 0) is 36.2 Å². The van der Waals surface area contributed by atoms with Crippen molar-refractivity contribution < 1.29 is 28.5 Å². The Morgan fingerprint density at radius 3 is 2.36 bits per heavy atom. The monoisotopic (exact) mass is 452 g/mol. The van der Waals surface area contributed by atoms with Gasteiger partial charge in [-0.1, -0.05) is 6.07 Å². The van der Waals surface area contributed by atoms with Crippen molar-refractivity contribution in [2.24, 2.45) is 5.92 Å². The molecule has 3 aromatic rings. The first-order valence-electron chi connectivity index (χ1n) is 10.5. The highest BCUT2D eigenvalue weighted by atomic mass is 19.1. The maximum Gasteiger partial charge on any atom is 0.307 e. The Hall–Kier alpha value is -3.81. The van der Waals surface area contributed by atoms with E-state index in [0.29, 0.717) is 34.8 Å². The van der Waals surface area contributed by atoms with Gasteiger partial charge in [0.05, 0.1) is 44.7 Å². The maximum atomic E-state index is 14.6. The minimum atomic E-state index is -0.788. The van der Waals surface area contributed by atoms with E-state index >= 15 is 0 Å². The molecule has 0 aliphatic heterocycles. The number of carbonyl (C=O) groups is 1. The minimum Gasteiger partial charge on any atom is -0.496 e. The highest BCUT2D eigenvalue weighted by Crippen LogP contribution is 2.47. The fourth-order valence-electron chi connectivity index (χ4n) is 3.88. The van der Waals surface area contributed by atoms with Crippen LogP contribution in [0.2, 0.25) is 0 Å². The van der Waals surface area contributed by atoms with Crippen molar-refractivity contribution in [2.75, 3.05) is 26.6 Å². The van der Waals surface area contributed by atoms with E-state index in [0.717, 1.165) is 16.9 Å². The molecule has 1 heterocycles. The maximum absolute atomic E-state index is 14.6. The number of benzene rings is 2. The Morgan fingerprint density at radius 2 is 1.82 bits per heavy atom. The lowest BCUT2D eigenvalue weighted by Crippen LogP contribution is -2.04. The highest BCUT2D eigenvalue weighted by Gasteiger charge is 2.45. The molecule has 1 fully saturated rings. The second kappa shape index (κ2) is 9.36. The van der Waals surface area contributed by atoms with Crippen LogP contribution in [-0.4, -0.2) is 37.4 Å². The number of hydrogen-bond acceptors (Lipinski definition) is 6. The summed E-state index contributed by atoms with van der Waals surface area (Å²) in [5.74, 6) is 0.190. The number of nitrogens with one attached hydrogen (secondary N) is 1. The zero-order valence-electron chi connectivity index (χ0n) is 18.6. The van der Waals surface area contributed by atoms with Gasteiger partial charge in [0.1, 0.15) is 23.1 Å². The normalized spacial score (nSPS) is 16.7. The number of hydrogen-bond donors (Lipinski definition) is 2. The van der Waals surface area contributed by atoms with E-state index in [1.165, 1.54) is 6.07 Å². The summed E-state index contributed by atoms with van der Waals surface area (Å²) in [6.45, 7) is 0.239. The van der Waals surface area contributed by atoms with E-state index in [1.54, 1.807) is 51.8 Å². The molecule has 33 heavy (non-hydrogen) atoms. The van der Waals surface area contributed by atoms with Gasteiger partial charge in [-0.3, -0.25) is 9.78 Å². The van der Waals surface area contributed by atoms with Crippen molar-refractivity contribution in [3.8, 4) is 28.4 Å². The molecule has 2 N–H and O–H groups in total. The van der Waals surface area contributed by atoms with Crippen molar-refractivity contribution >= 4 is 11.7 Å². The highest BCUT2D eigenvalue weighted by molar-refractivity contribution is 5.79. The molecule has 1 aliphatic rings. The van der Waals surface area contributed by atoms with Gasteiger partial charge >= 0.3 is 5.97 Å². The lowest BCUT2D eigenvalue weighted by molar-refractivity contribution is -0.138. The zero-order chi connectivity index (χ0) is 23.5. The molecule has 1 saturated carbocycles. The standard InChI is InChI=1S/C25H25FN2O5/c1-31-17-9-22(32-2)24(23(10-17)33-3)14-4-6-20(26)15(8-14)12-27-16-5-7-21(28-13-16)18-11-19(18)25(29)30/h4-10,13,18-19,27H,11-12H2,1-3H3,(H,29,30)/t18-,19-/m0/s1. The molecule has 2 aromatic carbocycles. The summed E-state index contributed by atoms with van der Waals surface area (Å²) in [4.78, 5) is 15.4. The van der Waals surface area contributed by atoms with E-state index < -0.39 is 5.97 Å². The Balaban J connectivity index is 1.54. The van der Waals surface area contributed by atoms with E-state index in [4.69, 9.17) is 19.3 Å². The molecule has 8 heteroatoms. The van der Waals surface area contributed by atoms with Gasteiger partial charge < -0.3 is 24.6 Å². The second-order valence-electron chi connectivity index (χ2n) is 7.83. The Labute approximate surface area is 191 Å². The van der Waals surface area contributed by atoms with Crippen molar-refractivity contribution in [1.82, 2.24) is 4.98 Å². The first-order chi connectivity index (χ1) is 15.9. The van der Waals surface area contributed by atoms with Gasteiger partial charge in [0.2, 0.25) is 0 Å². The molecule has 0 unspecified atom stereocenters. The van der Waals surface area contributed by atoms with Crippen LogP contribution in [0.4, 0.5) is 10.1 Å². The summed E-state index contributed by atoms with van der Waals surface area (Å²) in [6, 6.07) is 12.0. The number of pyridine rings is 1. The van der Waals surface area contributed by atoms with Gasteiger partial charge in [0.25, 0.3) is 0 Å². The van der Waals surface area contributed by atoms with Gasteiger partial charge in [0.15, 0.2) is 0 Å². The number of carboxylic acids is 1. The van der Waals surface area contributed by atoms with Crippen LogP contribution in [0.3, 0.4) is 0 Å². The minimum absolute atomic E-state index is 0.0277. The molecule has 4 rings (SSSR count). The molecule has 172 valence electrons. The smallest absolute Gasteiger partial charge is 0.307 e. The fraction of sp³-hybridized carbons (Fsp3) is 0.280. The number of rotatable bonds is 9. The average molecular weight is 452 g/mol. The summed E-state index contributed by atoms with van der Waals surface area (Å²) in [6.07, 6.45) is 2.26. The summed E-state index contributed by atoms with van der Waals surface area (Å²) >= 11 is 0. The molecule has 0 bridgehead atoms. The van der Waals surface area contributed by atoms with Crippen LogP contribution in [0.1, 0.15) is 23.6 Å². The summed E-state index contributed by atoms with van der Waals surface area (Å²) < 4.78 is 30.9. The van der Waals surface area contributed by atoms with E-state index in [9.17, 15) is 9.18 Å². The van der Waals surface area contributed by atoms with E-state index in [1.807, 2.05) is 12.1 Å². The number of anilines is 1. The number of nitrogens with zero attached hydrogens (tertiary/aromatic N) is 1. The van der Waals surface area contributed by atoms with Crippen LogP contribution in [-0.2, 0) is 11.3 Å². The number of halogens is 1. The zero-order valence-corrected chi connectivity index (χ0v) is 18.6. The molecular weight excluding hydrogens is 427 g/mol. The molecule has 2 atom stereocenters. The average Bonchev–Trinajstić information content (AvgIpc) is 3.64. The number of ether oxygens (including phenoxy) is 3. The van der Waals surface area contributed by atoms with E-state index in [-0.39, 0.29) is 24.2 Å². The third-order valence-electron chi connectivity index (χ3n) is 5.81. The molecule has 0 spiro atoms. The van der Waals surface area contributed by atoms with Crippen LogP contribution >= 0.6 is 0 Å². The molecule has 1 aromatic heterocycles. The topological polar surface area (TPSA) is 89.9 Å². The lowest BCUT2D eigenvalue weighted by atomic mass is 10.00. The van der Waals surface area contributed by atoms with Gasteiger partial charge in [-0.15, -0.1) is 0 Å². The predicted molar refractivity (Wildman–Crippen MR) is 122 cm³/mol. The van der Waals surface area contributed by atoms with Gasteiger partial charge in [-0.25, -0.2) is 4.39 Å². The number of aliphatic carboxylic acids is 1. The molecule has 0 radical (unpaired) electrons. The van der Waals surface area contributed by atoms with Crippen molar-refractivity contribution in [3.63, 3.8) is 0 Å². The van der Waals surface area contributed by atoms with Crippen molar-refractivity contribution in [1.29, 1.82) is 0 Å². The first-order valence-corrected chi connectivity index (χ1v) is 10.5. The van der Waals surface area contributed by atoms with Gasteiger partial charge in [0, 0.05) is 35.9 Å².